The molecular weight excluding hydrogens is 252 g/mol. The third-order valence-corrected chi connectivity index (χ3v) is 3.38. The maximum atomic E-state index is 11.5. The molecule has 0 aliphatic carbocycles. The van der Waals surface area contributed by atoms with Gasteiger partial charge in [-0.05, 0) is 18.6 Å². The van der Waals surface area contributed by atoms with Crippen LogP contribution in [0.2, 0.25) is 0 Å². The topological polar surface area (TPSA) is 74.0 Å². The van der Waals surface area contributed by atoms with E-state index in [0.29, 0.717) is 17.5 Å². The molecule has 1 heterocycles. The highest BCUT2D eigenvalue weighted by Gasteiger charge is 2.23. The van der Waals surface area contributed by atoms with Gasteiger partial charge in [0.15, 0.2) is 0 Å². The van der Waals surface area contributed by atoms with E-state index in [9.17, 15) is 15.2 Å². The second kappa shape index (κ2) is 6.16. The Labute approximate surface area is 117 Å². The van der Waals surface area contributed by atoms with E-state index in [0.717, 1.165) is 18.2 Å². The number of carbonyl (C=O) groups is 1. The molecule has 0 aliphatic rings. The average molecular weight is 268 g/mol. The second-order valence-electron chi connectivity index (χ2n) is 4.76. The van der Waals surface area contributed by atoms with E-state index in [1.165, 1.54) is 0 Å². The predicted octanol–water partition coefficient (Wildman–Crippen LogP) is 3.46. The largest absolute Gasteiger partial charge is 0.481 e. The number of unbranched alkanes of at least 4 members (excludes halogenated alkanes) is 1. The van der Waals surface area contributed by atoms with E-state index in [1.807, 2.05) is 37.3 Å². The van der Waals surface area contributed by atoms with Gasteiger partial charge in [-0.1, -0.05) is 38.0 Å². The van der Waals surface area contributed by atoms with Gasteiger partial charge in [-0.25, -0.2) is 4.98 Å². The summed E-state index contributed by atoms with van der Waals surface area (Å²) in [5.41, 5.74) is 1.45. The molecule has 2 rings (SSSR count). The summed E-state index contributed by atoms with van der Waals surface area (Å²) in [6.45, 7) is 2.02. The molecule has 0 spiro atoms. The van der Waals surface area contributed by atoms with Crippen molar-refractivity contribution in [1.29, 1.82) is 5.26 Å². The van der Waals surface area contributed by atoms with Crippen LogP contribution in [0.1, 0.15) is 43.4 Å². The van der Waals surface area contributed by atoms with E-state index in [-0.39, 0.29) is 5.69 Å². The average Bonchev–Trinajstić information content (AvgIpc) is 2.46. The number of aromatic nitrogens is 1. The number of hydrogen-bond donors (Lipinski definition) is 1. The Bertz CT molecular complexity index is 674. The van der Waals surface area contributed by atoms with Crippen LogP contribution in [-0.4, -0.2) is 16.1 Å². The number of rotatable bonds is 5. The zero-order valence-corrected chi connectivity index (χ0v) is 11.3. The lowest BCUT2D eigenvalue weighted by atomic mass is 9.91. The summed E-state index contributed by atoms with van der Waals surface area (Å²) in [7, 11) is 0. The smallest absolute Gasteiger partial charge is 0.311 e. The Kier molecular flexibility index (Phi) is 4.31. The first-order chi connectivity index (χ1) is 9.67. The van der Waals surface area contributed by atoms with Gasteiger partial charge in [-0.2, -0.15) is 5.26 Å². The lowest BCUT2D eigenvalue weighted by molar-refractivity contribution is -0.139. The van der Waals surface area contributed by atoms with Crippen LogP contribution in [0, 0.1) is 11.3 Å². The van der Waals surface area contributed by atoms with Gasteiger partial charge in [0.2, 0.25) is 0 Å². The van der Waals surface area contributed by atoms with Crippen molar-refractivity contribution in [3.8, 4) is 6.07 Å². The van der Waals surface area contributed by atoms with Crippen molar-refractivity contribution >= 4 is 16.9 Å². The normalized spacial score (nSPS) is 12.0. The molecule has 102 valence electrons. The molecule has 1 aromatic heterocycles. The van der Waals surface area contributed by atoms with Crippen molar-refractivity contribution in [2.24, 2.45) is 0 Å². The van der Waals surface area contributed by atoms with Crippen molar-refractivity contribution in [2.75, 3.05) is 0 Å². The van der Waals surface area contributed by atoms with Crippen LogP contribution in [-0.2, 0) is 4.79 Å². The highest BCUT2D eigenvalue weighted by atomic mass is 16.4. The summed E-state index contributed by atoms with van der Waals surface area (Å²) < 4.78 is 0. The third kappa shape index (κ3) is 2.77. The van der Waals surface area contributed by atoms with Gasteiger partial charge < -0.3 is 5.11 Å². The van der Waals surface area contributed by atoms with E-state index in [1.54, 1.807) is 6.07 Å². The SMILES string of the molecule is CCCCC(C(=O)O)c1cc2ccccc2nc1C#N. The van der Waals surface area contributed by atoms with Gasteiger partial charge in [0.25, 0.3) is 0 Å². The molecule has 4 heteroatoms. The minimum absolute atomic E-state index is 0.215. The zero-order valence-electron chi connectivity index (χ0n) is 11.3. The molecule has 0 amide bonds. The van der Waals surface area contributed by atoms with Crippen molar-refractivity contribution in [1.82, 2.24) is 4.98 Å². The Hall–Kier alpha value is -2.41. The van der Waals surface area contributed by atoms with Crippen LogP contribution in [0.25, 0.3) is 10.9 Å². The number of pyridine rings is 1. The summed E-state index contributed by atoms with van der Waals surface area (Å²) in [5.74, 6) is -1.56. The maximum Gasteiger partial charge on any atom is 0.311 e. The minimum Gasteiger partial charge on any atom is -0.481 e. The van der Waals surface area contributed by atoms with Crippen LogP contribution in [0.15, 0.2) is 30.3 Å². The first-order valence-electron chi connectivity index (χ1n) is 6.70. The predicted molar refractivity (Wildman–Crippen MR) is 76.4 cm³/mol. The van der Waals surface area contributed by atoms with Crippen molar-refractivity contribution < 1.29 is 9.90 Å². The fourth-order valence-electron chi connectivity index (χ4n) is 2.31. The number of nitrogens with zero attached hydrogens (tertiary/aromatic N) is 2. The number of nitriles is 1. The van der Waals surface area contributed by atoms with Crippen molar-refractivity contribution in [3.05, 3.63) is 41.6 Å². The lowest BCUT2D eigenvalue weighted by Gasteiger charge is -2.14. The molecule has 0 aliphatic heterocycles. The Morgan fingerprint density at radius 3 is 2.85 bits per heavy atom. The van der Waals surface area contributed by atoms with Gasteiger partial charge in [0.05, 0.1) is 11.4 Å². The number of benzene rings is 1. The molecule has 1 atom stereocenters. The molecule has 0 bridgehead atoms. The quantitative estimate of drug-likeness (QED) is 0.901. The number of fused-ring (bicyclic) bond motifs is 1. The molecule has 0 radical (unpaired) electrons. The highest BCUT2D eigenvalue weighted by Crippen LogP contribution is 2.27. The van der Waals surface area contributed by atoms with Crippen LogP contribution in [0.5, 0.6) is 0 Å². The van der Waals surface area contributed by atoms with E-state index < -0.39 is 11.9 Å². The summed E-state index contributed by atoms with van der Waals surface area (Å²) in [6, 6.07) is 11.2. The van der Waals surface area contributed by atoms with Crippen molar-refractivity contribution in [2.45, 2.75) is 32.1 Å². The molecule has 0 saturated heterocycles. The zero-order chi connectivity index (χ0) is 14.5. The molecule has 2 aromatic rings. The Morgan fingerprint density at radius 1 is 1.45 bits per heavy atom. The van der Waals surface area contributed by atoms with Gasteiger partial charge in [-0.3, -0.25) is 4.79 Å². The molecule has 0 fully saturated rings. The van der Waals surface area contributed by atoms with Crippen molar-refractivity contribution in [3.63, 3.8) is 0 Å². The first kappa shape index (κ1) is 14.0. The molecule has 1 aromatic carbocycles. The van der Waals surface area contributed by atoms with E-state index >= 15 is 0 Å². The summed E-state index contributed by atoms with van der Waals surface area (Å²) in [4.78, 5) is 15.8. The molecule has 0 saturated carbocycles. The molecular formula is C16H16N2O2. The van der Waals surface area contributed by atoms with Crippen LogP contribution >= 0.6 is 0 Å². The standard InChI is InChI=1S/C16H16N2O2/c1-2-3-7-12(16(19)20)13-9-11-6-4-5-8-14(11)18-15(13)10-17/h4-6,8-9,12H,2-3,7H2,1H3,(H,19,20). The van der Waals surface area contributed by atoms with E-state index in [4.69, 9.17) is 0 Å². The fraction of sp³-hybridized carbons (Fsp3) is 0.312. The van der Waals surface area contributed by atoms with Gasteiger partial charge in [0, 0.05) is 10.9 Å². The number of para-hydroxylation sites is 1. The first-order valence-corrected chi connectivity index (χ1v) is 6.70. The van der Waals surface area contributed by atoms with Crippen LogP contribution < -0.4 is 0 Å². The monoisotopic (exact) mass is 268 g/mol. The number of hydrogen-bond acceptors (Lipinski definition) is 3. The lowest BCUT2D eigenvalue weighted by Crippen LogP contribution is -2.14. The number of carboxylic acids is 1. The molecule has 1 unspecified atom stereocenters. The summed E-state index contributed by atoms with van der Waals surface area (Å²) in [5, 5.41) is 19.5. The number of aliphatic carboxylic acids is 1. The summed E-state index contributed by atoms with van der Waals surface area (Å²) in [6.07, 6.45) is 2.27. The van der Waals surface area contributed by atoms with E-state index in [2.05, 4.69) is 4.98 Å². The Morgan fingerprint density at radius 2 is 2.20 bits per heavy atom. The van der Waals surface area contributed by atoms with Gasteiger partial charge in [-0.15, -0.1) is 0 Å². The number of carboxylic acid groups (broad SMARTS) is 1. The molecule has 4 nitrogen and oxygen atoms in total. The van der Waals surface area contributed by atoms with Crippen LogP contribution in [0.4, 0.5) is 0 Å². The third-order valence-electron chi connectivity index (χ3n) is 3.38. The maximum absolute atomic E-state index is 11.5. The summed E-state index contributed by atoms with van der Waals surface area (Å²) >= 11 is 0. The van der Waals surface area contributed by atoms with Crippen LogP contribution in [0.3, 0.4) is 0 Å². The minimum atomic E-state index is -0.896. The molecule has 1 N–H and O–H groups in total. The Balaban J connectivity index is 2.55. The fourth-order valence-corrected chi connectivity index (χ4v) is 2.31. The molecule has 20 heavy (non-hydrogen) atoms. The van der Waals surface area contributed by atoms with Gasteiger partial charge >= 0.3 is 5.97 Å². The second-order valence-corrected chi connectivity index (χ2v) is 4.76. The highest BCUT2D eigenvalue weighted by molar-refractivity contribution is 5.83. The van der Waals surface area contributed by atoms with Gasteiger partial charge in [0.1, 0.15) is 11.8 Å².